The highest BCUT2D eigenvalue weighted by molar-refractivity contribution is 5.36. The summed E-state index contributed by atoms with van der Waals surface area (Å²) >= 11 is 0. The fourth-order valence-corrected chi connectivity index (χ4v) is 2.34. The van der Waals surface area contributed by atoms with Crippen molar-refractivity contribution in [1.82, 2.24) is 19.9 Å². The van der Waals surface area contributed by atoms with Crippen LogP contribution < -0.4 is 5.32 Å². The van der Waals surface area contributed by atoms with Crippen molar-refractivity contribution in [3.63, 3.8) is 0 Å². The van der Waals surface area contributed by atoms with Gasteiger partial charge in [-0.15, -0.1) is 10.2 Å². The first kappa shape index (κ1) is 11.7. The summed E-state index contributed by atoms with van der Waals surface area (Å²) in [6, 6.07) is 6.58. The predicted molar refractivity (Wildman–Crippen MR) is 71.5 cm³/mol. The SMILES string of the molecule is CC(NCCc1nnc2ccccn12)C1(C)CC1. The number of pyridine rings is 1. The maximum absolute atomic E-state index is 4.24. The Hall–Kier alpha value is -1.42. The van der Waals surface area contributed by atoms with Gasteiger partial charge in [-0.05, 0) is 37.3 Å². The lowest BCUT2D eigenvalue weighted by Gasteiger charge is -2.19. The Morgan fingerprint density at radius 2 is 2.22 bits per heavy atom. The third kappa shape index (κ3) is 2.12. The van der Waals surface area contributed by atoms with Gasteiger partial charge in [0.05, 0.1) is 0 Å². The number of hydrogen-bond donors (Lipinski definition) is 1. The number of hydrogen-bond acceptors (Lipinski definition) is 3. The van der Waals surface area contributed by atoms with E-state index in [2.05, 4.69) is 33.8 Å². The molecule has 4 nitrogen and oxygen atoms in total. The summed E-state index contributed by atoms with van der Waals surface area (Å²) in [6.07, 6.45) is 5.66. The van der Waals surface area contributed by atoms with Crippen molar-refractivity contribution in [1.29, 1.82) is 0 Å². The van der Waals surface area contributed by atoms with Gasteiger partial charge in [0.2, 0.25) is 0 Å². The van der Waals surface area contributed by atoms with Crippen LogP contribution in [-0.4, -0.2) is 27.2 Å². The highest BCUT2D eigenvalue weighted by atomic mass is 15.2. The van der Waals surface area contributed by atoms with Crippen molar-refractivity contribution in [3.8, 4) is 0 Å². The fourth-order valence-electron chi connectivity index (χ4n) is 2.34. The van der Waals surface area contributed by atoms with Crippen LogP contribution in [0.5, 0.6) is 0 Å². The first-order valence-corrected chi connectivity index (χ1v) is 6.71. The second kappa shape index (κ2) is 4.35. The molecule has 1 aliphatic rings. The summed E-state index contributed by atoms with van der Waals surface area (Å²) in [5.41, 5.74) is 1.46. The summed E-state index contributed by atoms with van der Waals surface area (Å²) < 4.78 is 2.06. The molecule has 0 aromatic carbocycles. The number of nitrogens with one attached hydrogen (secondary N) is 1. The lowest BCUT2D eigenvalue weighted by molar-refractivity contribution is 0.382. The van der Waals surface area contributed by atoms with E-state index in [-0.39, 0.29) is 0 Å². The molecule has 1 saturated carbocycles. The lowest BCUT2D eigenvalue weighted by atomic mass is 10.0. The molecule has 1 N–H and O–H groups in total. The molecule has 0 aliphatic heterocycles. The van der Waals surface area contributed by atoms with Crippen LogP contribution in [0.2, 0.25) is 0 Å². The molecule has 4 heteroatoms. The smallest absolute Gasteiger partial charge is 0.160 e. The predicted octanol–water partition coefficient (Wildman–Crippen LogP) is 2.05. The summed E-state index contributed by atoms with van der Waals surface area (Å²) in [6.45, 7) is 5.61. The van der Waals surface area contributed by atoms with Gasteiger partial charge in [-0.1, -0.05) is 13.0 Å². The largest absolute Gasteiger partial charge is 0.313 e. The summed E-state index contributed by atoms with van der Waals surface area (Å²) in [4.78, 5) is 0. The van der Waals surface area contributed by atoms with Gasteiger partial charge in [0, 0.05) is 25.2 Å². The van der Waals surface area contributed by atoms with Crippen LogP contribution in [-0.2, 0) is 6.42 Å². The maximum Gasteiger partial charge on any atom is 0.160 e. The Morgan fingerprint density at radius 1 is 1.39 bits per heavy atom. The minimum absolute atomic E-state index is 0.535. The van der Waals surface area contributed by atoms with Gasteiger partial charge in [0.1, 0.15) is 5.82 Å². The van der Waals surface area contributed by atoms with Gasteiger partial charge in [0.15, 0.2) is 5.65 Å². The second-order valence-corrected chi connectivity index (χ2v) is 5.62. The van der Waals surface area contributed by atoms with Gasteiger partial charge in [0.25, 0.3) is 0 Å². The second-order valence-electron chi connectivity index (χ2n) is 5.62. The Kier molecular flexibility index (Phi) is 2.82. The molecule has 0 amide bonds. The van der Waals surface area contributed by atoms with Gasteiger partial charge >= 0.3 is 0 Å². The average Bonchev–Trinajstić information content (AvgIpc) is 3.01. The monoisotopic (exact) mass is 244 g/mol. The Morgan fingerprint density at radius 3 is 3.00 bits per heavy atom. The van der Waals surface area contributed by atoms with Crippen molar-refractivity contribution in [3.05, 3.63) is 30.2 Å². The normalized spacial score (nSPS) is 19.0. The molecule has 18 heavy (non-hydrogen) atoms. The topological polar surface area (TPSA) is 42.2 Å². The van der Waals surface area contributed by atoms with E-state index in [4.69, 9.17) is 0 Å². The van der Waals surface area contributed by atoms with Crippen LogP contribution in [0.25, 0.3) is 5.65 Å². The van der Waals surface area contributed by atoms with Crippen LogP contribution in [0.4, 0.5) is 0 Å². The van der Waals surface area contributed by atoms with E-state index in [1.54, 1.807) is 0 Å². The Bertz CT molecular complexity index is 541. The van der Waals surface area contributed by atoms with Gasteiger partial charge in [-0.25, -0.2) is 0 Å². The van der Waals surface area contributed by atoms with Crippen LogP contribution in [0.3, 0.4) is 0 Å². The highest BCUT2D eigenvalue weighted by Crippen LogP contribution is 2.47. The zero-order chi connectivity index (χ0) is 12.6. The quantitative estimate of drug-likeness (QED) is 0.875. The molecule has 2 aromatic heterocycles. The molecule has 96 valence electrons. The summed E-state index contributed by atoms with van der Waals surface area (Å²) in [5.74, 6) is 1.03. The zero-order valence-electron chi connectivity index (χ0n) is 11.1. The molecule has 0 radical (unpaired) electrons. The lowest BCUT2D eigenvalue weighted by Crippen LogP contribution is -2.34. The van der Waals surface area contributed by atoms with Gasteiger partial charge < -0.3 is 5.32 Å². The molecule has 1 unspecified atom stereocenters. The molecular weight excluding hydrogens is 224 g/mol. The van der Waals surface area contributed by atoms with Crippen molar-refractivity contribution in [2.75, 3.05) is 6.54 Å². The summed E-state index contributed by atoms with van der Waals surface area (Å²) in [7, 11) is 0. The minimum Gasteiger partial charge on any atom is -0.313 e. The third-order valence-electron chi connectivity index (χ3n) is 4.27. The third-order valence-corrected chi connectivity index (χ3v) is 4.27. The number of rotatable bonds is 5. The van der Waals surface area contributed by atoms with E-state index in [1.165, 1.54) is 12.8 Å². The Labute approximate surface area is 107 Å². The molecular formula is C14H20N4. The minimum atomic E-state index is 0.535. The molecule has 1 fully saturated rings. The van der Waals surface area contributed by atoms with Crippen LogP contribution in [0.15, 0.2) is 24.4 Å². The number of nitrogens with zero attached hydrogens (tertiary/aromatic N) is 3. The molecule has 2 aromatic rings. The highest BCUT2D eigenvalue weighted by Gasteiger charge is 2.41. The van der Waals surface area contributed by atoms with E-state index in [9.17, 15) is 0 Å². The van der Waals surface area contributed by atoms with E-state index in [1.807, 2.05) is 24.4 Å². The number of fused-ring (bicyclic) bond motifs is 1. The van der Waals surface area contributed by atoms with Crippen molar-refractivity contribution in [2.45, 2.75) is 39.2 Å². The molecule has 0 spiro atoms. The van der Waals surface area contributed by atoms with Crippen molar-refractivity contribution >= 4 is 5.65 Å². The van der Waals surface area contributed by atoms with Crippen molar-refractivity contribution in [2.24, 2.45) is 5.41 Å². The fraction of sp³-hybridized carbons (Fsp3) is 0.571. The number of aromatic nitrogens is 3. The van der Waals surface area contributed by atoms with Gasteiger partial charge in [-0.3, -0.25) is 4.40 Å². The van der Waals surface area contributed by atoms with E-state index in [0.29, 0.717) is 11.5 Å². The van der Waals surface area contributed by atoms with Crippen LogP contribution in [0, 0.1) is 5.41 Å². The van der Waals surface area contributed by atoms with E-state index in [0.717, 1.165) is 24.4 Å². The van der Waals surface area contributed by atoms with E-state index < -0.39 is 0 Å². The molecule has 0 bridgehead atoms. The molecule has 0 saturated heterocycles. The summed E-state index contributed by atoms with van der Waals surface area (Å²) in [5, 5.41) is 12.0. The maximum atomic E-state index is 4.24. The molecule has 1 aliphatic carbocycles. The molecule has 1 atom stereocenters. The van der Waals surface area contributed by atoms with E-state index >= 15 is 0 Å². The molecule has 2 heterocycles. The van der Waals surface area contributed by atoms with Crippen LogP contribution >= 0.6 is 0 Å². The molecule has 3 rings (SSSR count). The van der Waals surface area contributed by atoms with Crippen molar-refractivity contribution < 1.29 is 0 Å². The average molecular weight is 244 g/mol. The van der Waals surface area contributed by atoms with Crippen LogP contribution in [0.1, 0.15) is 32.5 Å². The first-order valence-electron chi connectivity index (χ1n) is 6.71. The first-order chi connectivity index (χ1) is 8.69. The van der Waals surface area contributed by atoms with Gasteiger partial charge in [-0.2, -0.15) is 0 Å². The standard InChI is InChI=1S/C14H20N4/c1-11(14(2)7-8-14)15-9-6-13-17-16-12-5-3-4-10-18(12)13/h3-5,10-11,15H,6-9H2,1-2H3. The Balaban J connectivity index is 1.60. The zero-order valence-corrected chi connectivity index (χ0v) is 11.1.